The fourth-order valence-corrected chi connectivity index (χ4v) is 4.65. The normalized spacial score (nSPS) is 21.6. The Bertz CT molecular complexity index is 865. The van der Waals surface area contributed by atoms with Crippen LogP contribution in [0, 0.1) is 11.8 Å². The molecule has 8 nitrogen and oxygen atoms in total. The Morgan fingerprint density at radius 3 is 2.53 bits per heavy atom. The Morgan fingerprint density at radius 2 is 1.81 bits per heavy atom. The number of amides is 3. The van der Waals surface area contributed by atoms with Crippen molar-refractivity contribution in [2.24, 2.45) is 11.8 Å². The Labute approximate surface area is 189 Å². The Hall–Kier alpha value is -2.77. The standard InChI is InChI=1S/C24H33N3O5/c1-16(2)12-19(24(30)26-8-4-3-5-9-26)25-23(29)17-13-22(28)27(15-17)18-6-7-20-21(14-18)32-11-10-31-20/h6-7,14,16-17,19H,3-5,8-13,15H2,1-2H3,(H,25,29)/t17?,19-/m0/s1. The highest BCUT2D eigenvalue weighted by atomic mass is 16.6. The van der Waals surface area contributed by atoms with Crippen LogP contribution in [-0.4, -0.2) is 61.5 Å². The summed E-state index contributed by atoms with van der Waals surface area (Å²) in [5, 5.41) is 2.98. The summed E-state index contributed by atoms with van der Waals surface area (Å²) in [5.74, 6) is 0.721. The number of rotatable bonds is 6. The van der Waals surface area contributed by atoms with Gasteiger partial charge in [-0.15, -0.1) is 0 Å². The van der Waals surface area contributed by atoms with Crippen molar-refractivity contribution >= 4 is 23.4 Å². The van der Waals surface area contributed by atoms with Crippen LogP contribution >= 0.6 is 0 Å². The van der Waals surface area contributed by atoms with Crippen LogP contribution in [0.5, 0.6) is 11.5 Å². The summed E-state index contributed by atoms with van der Waals surface area (Å²) in [6.07, 6.45) is 3.89. The number of fused-ring (bicyclic) bond motifs is 1. The highest BCUT2D eigenvalue weighted by Gasteiger charge is 2.37. The summed E-state index contributed by atoms with van der Waals surface area (Å²) in [5.41, 5.74) is 0.692. The first-order valence-corrected chi connectivity index (χ1v) is 11.7. The zero-order chi connectivity index (χ0) is 22.7. The number of hydrogen-bond acceptors (Lipinski definition) is 5. The second kappa shape index (κ2) is 9.79. The Morgan fingerprint density at radius 1 is 1.09 bits per heavy atom. The molecule has 2 atom stereocenters. The molecule has 174 valence electrons. The van der Waals surface area contributed by atoms with E-state index in [2.05, 4.69) is 5.32 Å². The minimum atomic E-state index is -0.543. The molecule has 3 heterocycles. The number of benzene rings is 1. The molecule has 1 aromatic rings. The van der Waals surface area contributed by atoms with Crippen LogP contribution in [0.15, 0.2) is 18.2 Å². The molecular formula is C24H33N3O5. The molecule has 1 N–H and O–H groups in total. The number of ether oxygens (including phenoxy) is 2. The molecule has 0 bridgehead atoms. The summed E-state index contributed by atoms with van der Waals surface area (Å²) in [6.45, 7) is 6.86. The second-order valence-corrected chi connectivity index (χ2v) is 9.31. The van der Waals surface area contributed by atoms with Gasteiger partial charge >= 0.3 is 0 Å². The van der Waals surface area contributed by atoms with E-state index >= 15 is 0 Å². The molecule has 32 heavy (non-hydrogen) atoms. The maximum Gasteiger partial charge on any atom is 0.245 e. The summed E-state index contributed by atoms with van der Waals surface area (Å²) in [4.78, 5) is 42.3. The third-order valence-corrected chi connectivity index (χ3v) is 6.32. The number of nitrogens with zero attached hydrogens (tertiary/aromatic N) is 2. The number of hydrogen-bond donors (Lipinski definition) is 1. The van der Waals surface area contributed by atoms with Crippen molar-refractivity contribution in [3.63, 3.8) is 0 Å². The molecule has 2 fully saturated rings. The van der Waals surface area contributed by atoms with Gasteiger partial charge in [-0.25, -0.2) is 0 Å². The van der Waals surface area contributed by atoms with Crippen molar-refractivity contribution in [1.29, 1.82) is 0 Å². The average Bonchev–Trinajstić information content (AvgIpc) is 3.20. The van der Waals surface area contributed by atoms with Crippen molar-refractivity contribution in [1.82, 2.24) is 10.2 Å². The van der Waals surface area contributed by atoms with Gasteiger partial charge in [0.2, 0.25) is 17.7 Å². The molecule has 0 aliphatic carbocycles. The zero-order valence-corrected chi connectivity index (χ0v) is 19.0. The van der Waals surface area contributed by atoms with E-state index in [1.165, 1.54) is 0 Å². The Kier molecular flexibility index (Phi) is 6.86. The molecule has 3 aliphatic rings. The summed E-state index contributed by atoms with van der Waals surface area (Å²) >= 11 is 0. The van der Waals surface area contributed by atoms with Crippen LogP contribution in [0.1, 0.15) is 46.0 Å². The maximum absolute atomic E-state index is 13.1. The number of carbonyl (C=O) groups excluding carboxylic acids is 3. The first-order valence-electron chi connectivity index (χ1n) is 11.7. The lowest BCUT2D eigenvalue weighted by molar-refractivity contribution is -0.138. The summed E-state index contributed by atoms with van der Waals surface area (Å²) < 4.78 is 11.2. The molecular weight excluding hydrogens is 410 g/mol. The van der Waals surface area contributed by atoms with E-state index in [0.29, 0.717) is 36.8 Å². The second-order valence-electron chi connectivity index (χ2n) is 9.31. The van der Waals surface area contributed by atoms with E-state index in [4.69, 9.17) is 9.47 Å². The number of carbonyl (C=O) groups is 3. The third-order valence-electron chi connectivity index (χ3n) is 6.32. The van der Waals surface area contributed by atoms with Crippen molar-refractivity contribution in [2.45, 2.75) is 52.0 Å². The molecule has 1 aromatic carbocycles. The van der Waals surface area contributed by atoms with Crippen LogP contribution in [0.4, 0.5) is 5.69 Å². The lowest BCUT2D eigenvalue weighted by atomic mass is 9.99. The molecule has 4 rings (SSSR count). The SMILES string of the molecule is CC(C)C[C@H](NC(=O)C1CC(=O)N(c2ccc3c(c2)OCCO3)C1)C(=O)N1CCCCC1. The van der Waals surface area contributed by atoms with Gasteiger partial charge in [-0.05, 0) is 43.7 Å². The number of anilines is 1. The first-order chi connectivity index (χ1) is 15.4. The molecule has 3 amide bonds. The van der Waals surface area contributed by atoms with E-state index in [0.717, 1.165) is 32.4 Å². The van der Waals surface area contributed by atoms with Gasteiger partial charge in [0, 0.05) is 37.8 Å². The van der Waals surface area contributed by atoms with Crippen molar-refractivity contribution in [2.75, 3.05) is 37.7 Å². The van der Waals surface area contributed by atoms with Gasteiger partial charge in [0.1, 0.15) is 19.3 Å². The largest absolute Gasteiger partial charge is 0.486 e. The molecule has 0 aromatic heterocycles. The van der Waals surface area contributed by atoms with E-state index in [1.807, 2.05) is 24.8 Å². The number of likely N-dealkylation sites (tertiary alicyclic amines) is 1. The van der Waals surface area contributed by atoms with Gasteiger partial charge in [0.15, 0.2) is 11.5 Å². The lowest BCUT2D eigenvalue weighted by Gasteiger charge is -2.31. The molecule has 0 radical (unpaired) electrons. The highest BCUT2D eigenvalue weighted by molar-refractivity contribution is 6.01. The number of piperidine rings is 1. The van der Waals surface area contributed by atoms with E-state index in [-0.39, 0.29) is 36.6 Å². The van der Waals surface area contributed by atoms with E-state index in [1.54, 1.807) is 17.0 Å². The molecule has 8 heteroatoms. The monoisotopic (exact) mass is 443 g/mol. The van der Waals surface area contributed by atoms with Crippen LogP contribution in [0.3, 0.4) is 0 Å². The topological polar surface area (TPSA) is 88.2 Å². The minimum absolute atomic E-state index is 0.000217. The predicted octanol–water partition coefficient (Wildman–Crippen LogP) is 2.35. The van der Waals surface area contributed by atoms with Crippen LogP contribution < -0.4 is 19.7 Å². The molecule has 2 saturated heterocycles. The zero-order valence-electron chi connectivity index (χ0n) is 19.0. The van der Waals surface area contributed by atoms with Crippen LogP contribution in [0.2, 0.25) is 0 Å². The number of nitrogens with one attached hydrogen (secondary N) is 1. The third kappa shape index (κ3) is 5.00. The first kappa shape index (κ1) is 22.4. The van der Waals surface area contributed by atoms with Crippen molar-refractivity contribution < 1.29 is 23.9 Å². The summed E-state index contributed by atoms with van der Waals surface area (Å²) in [6, 6.07) is 4.85. The molecule has 0 saturated carbocycles. The van der Waals surface area contributed by atoms with Gasteiger partial charge < -0.3 is 24.6 Å². The van der Waals surface area contributed by atoms with Gasteiger partial charge in [-0.3, -0.25) is 14.4 Å². The molecule has 0 spiro atoms. The van der Waals surface area contributed by atoms with Gasteiger partial charge in [0.25, 0.3) is 0 Å². The Balaban J connectivity index is 1.42. The van der Waals surface area contributed by atoms with Crippen LogP contribution in [0.25, 0.3) is 0 Å². The van der Waals surface area contributed by atoms with Gasteiger partial charge in [0.05, 0.1) is 5.92 Å². The average molecular weight is 444 g/mol. The van der Waals surface area contributed by atoms with Crippen molar-refractivity contribution in [3.8, 4) is 11.5 Å². The quantitative estimate of drug-likeness (QED) is 0.729. The fourth-order valence-electron chi connectivity index (χ4n) is 4.65. The molecule has 1 unspecified atom stereocenters. The van der Waals surface area contributed by atoms with Gasteiger partial charge in [-0.1, -0.05) is 13.8 Å². The van der Waals surface area contributed by atoms with Gasteiger partial charge in [-0.2, -0.15) is 0 Å². The van der Waals surface area contributed by atoms with Crippen LogP contribution in [-0.2, 0) is 14.4 Å². The predicted molar refractivity (Wildman–Crippen MR) is 120 cm³/mol. The lowest BCUT2D eigenvalue weighted by Crippen LogP contribution is -2.51. The van der Waals surface area contributed by atoms with Crippen molar-refractivity contribution in [3.05, 3.63) is 18.2 Å². The molecule has 3 aliphatic heterocycles. The smallest absolute Gasteiger partial charge is 0.245 e. The fraction of sp³-hybridized carbons (Fsp3) is 0.625. The maximum atomic E-state index is 13.1. The summed E-state index contributed by atoms with van der Waals surface area (Å²) in [7, 11) is 0. The van der Waals surface area contributed by atoms with E-state index in [9.17, 15) is 14.4 Å². The minimum Gasteiger partial charge on any atom is -0.486 e. The highest BCUT2D eigenvalue weighted by Crippen LogP contribution is 2.36. The van der Waals surface area contributed by atoms with E-state index < -0.39 is 12.0 Å².